The Labute approximate surface area is 167 Å². The van der Waals surface area contributed by atoms with Gasteiger partial charge in [-0.1, -0.05) is 23.2 Å². The Balaban J connectivity index is 1.98. The number of hydrogen-bond acceptors (Lipinski definition) is 3. The number of rotatable bonds is 6. The normalized spacial score (nSPS) is 10.6. The van der Waals surface area contributed by atoms with Crippen LogP contribution in [0.2, 0.25) is 10.0 Å². The minimum Gasteiger partial charge on any atom is -0.494 e. The van der Waals surface area contributed by atoms with E-state index in [1.54, 1.807) is 42.5 Å². The number of ether oxygens (including phenoxy) is 1. The van der Waals surface area contributed by atoms with Crippen LogP contribution in [-0.4, -0.2) is 24.0 Å². The van der Waals surface area contributed by atoms with E-state index in [4.69, 9.17) is 33.2 Å². The molecule has 1 heterocycles. The van der Waals surface area contributed by atoms with Crippen LogP contribution in [0.25, 0.3) is 10.9 Å². The number of anilines is 1. The minimum absolute atomic E-state index is 0.197. The highest BCUT2D eigenvalue weighted by Gasteiger charge is 2.23. The van der Waals surface area contributed by atoms with Gasteiger partial charge in [0.2, 0.25) is 0 Å². The molecule has 0 bridgehead atoms. The smallest absolute Gasteiger partial charge is 0.276 e. The monoisotopic (exact) mass is 401 g/mol. The predicted octanol–water partition coefficient (Wildman–Crippen LogP) is 5.43. The van der Waals surface area contributed by atoms with Gasteiger partial charge < -0.3 is 14.6 Å². The lowest BCUT2D eigenvalue weighted by Gasteiger charge is -2.21. The molecule has 138 valence electrons. The van der Waals surface area contributed by atoms with E-state index >= 15 is 0 Å². The standard InChI is InChI=1S/C20H17Cl2N3O2/c1-2-27-15-7-5-14(6-8-15)25(11-3-10-23)20(26)19-18(22)16-12-13(21)4-9-17(16)24-19/h4-9,12,24H,2-3,11H2,1H3. The van der Waals surface area contributed by atoms with Crippen LogP contribution in [0.3, 0.4) is 0 Å². The van der Waals surface area contributed by atoms with Gasteiger partial charge in [0.05, 0.1) is 24.1 Å². The Morgan fingerprint density at radius 3 is 2.63 bits per heavy atom. The molecule has 0 atom stereocenters. The van der Waals surface area contributed by atoms with E-state index in [-0.39, 0.29) is 24.6 Å². The molecule has 2 aromatic carbocycles. The summed E-state index contributed by atoms with van der Waals surface area (Å²) in [5.74, 6) is 0.402. The molecule has 0 spiro atoms. The molecule has 1 amide bonds. The van der Waals surface area contributed by atoms with Gasteiger partial charge in [0, 0.05) is 28.2 Å². The lowest BCUT2D eigenvalue weighted by atomic mass is 10.2. The van der Waals surface area contributed by atoms with Crippen LogP contribution >= 0.6 is 23.2 Å². The van der Waals surface area contributed by atoms with Crippen LogP contribution in [0.15, 0.2) is 42.5 Å². The molecule has 7 heteroatoms. The summed E-state index contributed by atoms with van der Waals surface area (Å²) in [6, 6.07) is 14.4. The molecule has 3 aromatic rings. The Bertz CT molecular complexity index is 1010. The van der Waals surface area contributed by atoms with E-state index in [9.17, 15) is 4.79 Å². The van der Waals surface area contributed by atoms with Gasteiger partial charge >= 0.3 is 0 Å². The molecular formula is C20H17Cl2N3O2. The Kier molecular flexibility index (Phi) is 5.90. The van der Waals surface area contributed by atoms with Crippen LogP contribution in [0.4, 0.5) is 5.69 Å². The largest absolute Gasteiger partial charge is 0.494 e. The summed E-state index contributed by atoms with van der Waals surface area (Å²) >= 11 is 12.5. The molecule has 0 fully saturated rings. The van der Waals surface area contributed by atoms with Crippen LogP contribution < -0.4 is 9.64 Å². The van der Waals surface area contributed by atoms with Crippen molar-refractivity contribution in [3.8, 4) is 11.8 Å². The Morgan fingerprint density at radius 2 is 1.96 bits per heavy atom. The Hall–Kier alpha value is -2.68. The second kappa shape index (κ2) is 8.34. The number of nitriles is 1. The zero-order valence-corrected chi connectivity index (χ0v) is 16.1. The number of benzene rings is 2. The summed E-state index contributed by atoms with van der Waals surface area (Å²) in [4.78, 5) is 17.8. The van der Waals surface area contributed by atoms with E-state index in [1.165, 1.54) is 4.90 Å². The van der Waals surface area contributed by atoms with Gasteiger partial charge in [0.1, 0.15) is 11.4 Å². The number of halogens is 2. The van der Waals surface area contributed by atoms with Crippen molar-refractivity contribution in [3.63, 3.8) is 0 Å². The lowest BCUT2D eigenvalue weighted by Crippen LogP contribution is -2.32. The highest BCUT2D eigenvalue weighted by molar-refractivity contribution is 6.40. The van der Waals surface area contributed by atoms with Crippen LogP contribution in [-0.2, 0) is 0 Å². The molecular weight excluding hydrogens is 385 g/mol. The second-order valence-electron chi connectivity index (χ2n) is 5.80. The number of carbonyl (C=O) groups excluding carboxylic acids is 1. The number of amides is 1. The van der Waals surface area contributed by atoms with Crippen LogP contribution in [0, 0.1) is 11.3 Å². The fourth-order valence-electron chi connectivity index (χ4n) is 2.81. The molecule has 1 N–H and O–H groups in total. The summed E-state index contributed by atoms with van der Waals surface area (Å²) in [6.07, 6.45) is 0.197. The van der Waals surface area contributed by atoms with Gasteiger partial charge in [-0.3, -0.25) is 4.79 Å². The fraction of sp³-hybridized carbons (Fsp3) is 0.200. The van der Waals surface area contributed by atoms with Gasteiger partial charge in [0.15, 0.2) is 0 Å². The third-order valence-electron chi connectivity index (χ3n) is 4.06. The highest BCUT2D eigenvalue weighted by atomic mass is 35.5. The van der Waals surface area contributed by atoms with Gasteiger partial charge in [-0.2, -0.15) is 5.26 Å². The number of carbonyl (C=O) groups is 1. The maximum absolute atomic E-state index is 13.2. The third-order valence-corrected chi connectivity index (χ3v) is 4.69. The maximum Gasteiger partial charge on any atom is 0.276 e. The van der Waals surface area contributed by atoms with Gasteiger partial charge in [-0.15, -0.1) is 0 Å². The zero-order chi connectivity index (χ0) is 19.4. The van der Waals surface area contributed by atoms with E-state index in [0.29, 0.717) is 33.5 Å². The summed E-state index contributed by atoms with van der Waals surface area (Å²) < 4.78 is 5.44. The number of nitrogens with zero attached hydrogens (tertiary/aromatic N) is 2. The molecule has 3 rings (SSSR count). The lowest BCUT2D eigenvalue weighted by molar-refractivity contribution is 0.0983. The predicted molar refractivity (Wildman–Crippen MR) is 108 cm³/mol. The second-order valence-corrected chi connectivity index (χ2v) is 6.61. The molecule has 0 unspecified atom stereocenters. The molecule has 1 aromatic heterocycles. The van der Waals surface area contributed by atoms with Gasteiger partial charge in [0.25, 0.3) is 5.91 Å². The first-order valence-corrected chi connectivity index (χ1v) is 9.19. The van der Waals surface area contributed by atoms with Crippen molar-refractivity contribution < 1.29 is 9.53 Å². The van der Waals surface area contributed by atoms with Crippen molar-refractivity contribution in [3.05, 3.63) is 58.2 Å². The number of aromatic nitrogens is 1. The van der Waals surface area contributed by atoms with E-state index < -0.39 is 0 Å². The molecule has 0 aliphatic carbocycles. The molecule has 27 heavy (non-hydrogen) atoms. The SMILES string of the molecule is CCOc1ccc(N(CCC#N)C(=O)c2[nH]c3ccc(Cl)cc3c2Cl)cc1. The van der Waals surface area contributed by atoms with Crippen molar-refractivity contribution >= 4 is 45.7 Å². The van der Waals surface area contributed by atoms with Gasteiger partial charge in [-0.05, 0) is 49.4 Å². The van der Waals surface area contributed by atoms with E-state index in [0.717, 1.165) is 5.52 Å². The first-order valence-electron chi connectivity index (χ1n) is 8.43. The zero-order valence-electron chi connectivity index (χ0n) is 14.6. The van der Waals surface area contributed by atoms with Crippen molar-refractivity contribution in [2.75, 3.05) is 18.1 Å². The maximum atomic E-state index is 13.2. The molecule has 0 saturated carbocycles. The van der Waals surface area contributed by atoms with E-state index in [2.05, 4.69) is 11.1 Å². The summed E-state index contributed by atoms with van der Waals surface area (Å²) in [7, 11) is 0. The average molecular weight is 402 g/mol. The number of fused-ring (bicyclic) bond motifs is 1. The third kappa shape index (κ3) is 4.02. The molecule has 5 nitrogen and oxygen atoms in total. The van der Waals surface area contributed by atoms with E-state index in [1.807, 2.05) is 6.92 Å². The first kappa shape index (κ1) is 19.1. The van der Waals surface area contributed by atoms with Crippen LogP contribution in [0.1, 0.15) is 23.8 Å². The first-order chi connectivity index (χ1) is 13.0. The number of aromatic amines is 1. The van der Waals surface area contributed by atoms with Crippen molar-refractivity contribution in [2.45, 2.75) is 13.3 Å². The number of hydrogen-bond donors (Lipinski definition) is 1. The topological polar surface area (TPSA) is 69.1 Å². The number of nitrogens with one attached hydrogen (secondary N) is 1. The molecule has 0 aliphatic rings. The Morgan fingerprint density at radius 1 is 1.22 bits per heavy atom. The minimum atomic E-state index is -0.313. The van der Waals surface area contributed by atoms with Crippen LogP contribution in [0.5, 0.6) is 5.75 Å². The number of H-pyrrole nitrogens is 1. The average Bonchev–Trinajstić information content (AvgIpc) is 2.99. The fourth-order valence-corrected chi connectivity index (χ4v) is 3.27. The van der Waals surface area contributed by atoms with Crippen molar-refractivity contribution in [2.24, 2.45) is 0 Å². The quantitative estimate of drug-likeness (QED) is 0.598. The highest BCUT2D eigenvalue weighted by Crippen LogP contribution is 2.31. The molecule has 0 saturated heterocycles. The van der Waals surface area contributed by atoms with Crippen molar-refractivity contribution in [1.29, 1.82) is 5.26 Å². The molecule has 0 radical (unpaired) electrons. The van der Waals surface area contributed by atoms with Gasteiger partial charge in [-0.25, -0.2) is 0 Å². The molecule has 0 aliphatic heterocycles. The van der Waals surface area contributed by atoms with Crippen molar-refractivity contribution in [1.82, 2.24) is 4.98 Å². The summed E-state index contributed by atoms with van der Waals surface area (Å²) in [5, 5.41) is 10.5. The summed E-state index contributed by atoms with van der Waals surface area (Å²) in [5.41, 5.74) is 1.65. The summed E-state index contributed by atoms with van der Waals surface area (Å²) in [6.45, 7) is 2.71.